The van der Waals surface area contributed by atoms with Crippen LogP contribution in [-0.2, 0) is 4.79 Å². The number of rotatable bonds is 3. The van der Waals surface area contributed by atoms with Crippen molar-refractivity contribution in [1.82, 2.24) is 10.0 Å². The van der Waals surface area contributed by atoms with E-state index in [1.54, 1.807) is 18.3 Å². The van der Waals surface area contributed by atoms with E-state index < -0.39 is 29.7 Å². The van der Waals surface area contributed by atoms with Crippen LogP contribution in [0.2, 0.25) is 0 Å². The zero-order valence-corrected chi connectivity index (χ0v) is 18.3. The molecular formula is C27H19F2N5O. The van der Waals surface area contributed by atoms with E-state index in [-0.39, 0.29) is 17.4 Å². The lowest BCUT2D eigenvalue weighted by atomic mass is 10.0. The fraction of sp³-hybridized carbons (Fsp3) is 0.0741. The number of benzene rings is 3. The summed E-state index contributed by atoms with van der Waals surface area (Å²) < 4.78 is 37.6. The van der Waals surface area contributed by atoms with E-state index in [1.807, 2.05) is 48.5 Å². The van der Waals surface area contributed by atoms with E-state index in [9.17, 15) is 9.18 Å². The Morgan fingerprint density at radius 3 is 2.63 bits per heavy atom. The molecule has 6 nitrogen and oxygen atoms in total. The van der Waals surface area contributed by atoms with Crippen molar-refractivity contribution in [1.29, 1.82) is 0 Å². The molecule has 0 radical (unpaired) electrons. The molecule has 35 heavy (non-hydrogen) atoms. The summed E-state index contributed by atoms with van der Waals surface area (Å²) in [6.45, 7) is 0. The molecule has 0 bridgehead atoms. The normalized spacial score (nSPS) is 21.8. The first-order valence-electron chi connectivity index (χ1n) is 11.5. The van der Waals surface area contributed by atoms with Crippen molar-refractivity contribution < 1.29 is 14.9 Å². The predicted molar refractivity (Wildman–Crippen MR) is 129 cm³/mol. The lowest BCUT2D eigenvalue weighted by molar-refractivity contribution is -0.126. The van der Waals surface area contributed by atoms with Crippen LogP contribution in [0.5, 0.6) is 0 Å². The molecule has 172 valence electrons. The van der Waals surface area contributed by atoms with Gasteiger partial charge in [0.25, 0.3) is 5.91 Å². The summed E-state index contributed by atoms with van der Waals surface area (Å²) in [4.78, 5) is 22.8. The molecule has 0 fully saturated rings. The minimum atomic E-state index is -1.20. The number of nitrogens with one attached hydrogen (secondary N) is 1. The maximum atomic E-state index is 15.0. The Hall–Kier alpha value is -4.43. The minimum Gasteiger partial charge on any atom is -0.322 e. The molecule has 2 atom stereocenters. The Kier molecular flexibility index (Phi) is 4.80. The third-order valence-electron chi connectivity index (χ3n) is 5.99. The van der Waals surface area contributed by atoms with Gasteiger partial charge in [0.2, 0.25) is 0 Å². The van der Waals surface area contributed by atoms with Crippen LogP contribution in [0, 0.1) is 11.6 Å². The summed E-state index contributed by atoms with van der Waals surface area (Å²) in [5.74, 6) is -1.79. The predicted octanol–water partition coefficient (Wildman–Crippen LogP) is 4.79. The molecule has 0 saturated heterocycles. The molecule has 0 aliphatic carbocycles. The highest BCUT2D eigenvalue weighted by Gasteiger charge is 2.43. The smallest absolute Gasteiger partial charge is 0.265 e. The van der Waals surface area contributed by atoms with Gasteiger partial charge in [0, 0.05) is 35.2 Å². The number of fused-ring (bicyclic) bond motifs is 2. The second-order valence-electron chi connectivity index (χ2n) is 8.13. The van der Waals surface area contributed by atoms with Crippen LogP contribution in [0.3, 0.4) is 0 Å². The molecule has 3 aliphatic heterocycles. The van der Waals surface area contributed by atoms with E-state index in [1.165, 1.54) is 22.3 Å². The van der Waals surface area contributed by atoms with Gasteiger partial charge in [-0.15, -0.1) is 0 Å². The third-order valence-corrected chi connectivity index (χ3v) is 5.99. The van der Waals surface area contributed by atoms with Gasteiger partial charge >= 0.3 is 0 Å². The lowest BCUT2D eigenvalue weighted by Crippen LogP contribution is -2.49. The van der Waals surface area contributed by atoms with Crippen molar-refractivity contribution >= 4 is 23.5 Å². The number of amides is 1. The van der Waals surface area contributed by atoms with Crippen LogP contribution >= 0.6 is 0 Å². The molecular weight excluding hydrogens is 448 g/mol. The quantitative estimate of drug-likeness (QED) is 0.601. The Bertz CT molecular complexity index is 1500. The summed E-state index contributed by atoms with van der Waals surface area (Å²) in [7, 11) is 0. The van der Waals surface area contributed by atoms with Gasteiger partial charge in [0.15, 0.2) is 6.17 Å². The Labute approximate surface area is 201 Å². The first kappa shape index (κ1) is 20.0. The lowest BCUT2D eigenvalue weighted by Gasteiger charge is -2.36. The van der Waals surface area contributed by atoms with Gasteiger partial charge in [-0.2, -0.15) is 5.01 Å². The van der Waals surface area contributed by atoms with Crippen molar-refractivity contribution in [3.8, 4) is 0 Å². The summed E-state index contributed by atoms with van der Waals surface area (Å²) in [6, 6.07) is 18.9. The van der Waals surface area contributed by atoms with Crippen molar-refractivity contribution in [2.45, 2.75) is 12.2 Å². The third kappa shape index (κ3) is 3.64. The number of nitrogens with zero attached hydrogens (tertiary/aromatic N) is 4. The number of carbonyl (C=O) groups is 1. The number of hydrogen-bond donors (Lipinski definition) is 1. The number of halogens is 2. The van der Waals surface area contributed by atoms with Gasteiger partial charge in [0.05, 0.1) is 18.8 Å². The Morgan fingerprint density at radius 2 is 1.80 bits per heavy atom. The topological polar surface area (TPSA) is 60.3 Å². The molecule has 0 aromatic heterocycles. The van der Waals surface area contributed by atoms with E-state index in [0.29, 0.717) is 11.4 Å². The van der Waals surface area contributed by atoms with Gasteiger partial charge < -0.3 is 5.32 Å². The average molecular weight is 468 g/mol. The van der Waals surface area contributed by atoms with E-state index in [2.05, 4.69) is 10.3 Å². The molecule has 1 N–H and O–H groups in total. The molecule has 0 saturated carbocycles. The summed E-state index contributed by atoms with van der Waals surface area (Å²) in [5.41, 5.74) is 2.72. The number of benzodiazepines with no additional fused rings is 1. The van der Waals surface area contributed by atoms with E-state index >= 15 is 4.39 Å². The van der Waals surface area contributed by atoms with Crippen LogP contribution in [-0.4, -0.2) is 34.0 Å². The summed E-state index contributed by atoms with van der Waals surface area (Å²) >= 11 is 0. The molecule has 0 spiro atoms. The summed E-state index contributed by atoms with van der Waals surface area (Å²) in [5, 5.41) is 5.97. The van der Waals surface area contributed by atoms with Gasteiger partial charge in [-0.25, -0.2) is 13.8 Å². The first-order chi connectivity index (χ1) is 17.5. The SMILES string of the molecule is [2H]C1=C2N=CC=CN2N([C@@H]2N=C(c3ccccc3)c3ccccc3NC2=O)C1c1ccc(F)cc1F. The fourth-order valence-electron chi connectivity index (χ4n) is 4.42. The van der Waals surface area contributed by atoms with Crippen LogP contribution in [0.25, 0.3) is 0 Å². The van der Waals surface area contributed by atoms with Crippen molar-refractivity contribution in [2.24, 2.45) is 9.98 Å². The number of aliphatic imine (C=N–C) groups is 2. The highest BCUT2D eigenvalue weighted by Crippen LogP contribution is 2.40. The van der Waals surface area contributed by atoms with Crippen molar-refractivity contribution in [3.05, 3.63) is 125 Å². The highest BCUT2D eigenvalue weighted by molar-refractivity contribution is 6.19. The maximum absolute atomic E-state index is 15.0. The van der Waals surface area contributed by atoms with Gasteiger partial charge in [-0.3, -0.25) is 14.8 Å². The van der Waals surface area contributed by atoms with Crippen LogP contribution in [0.15, 0.2) is 107 Å². The van der Waals surface area contributed by atoms with Crippen LogP contribution in [0.4, 0.5) is 14.5 Å². The average Bonchev–Trinajstić information content (AvgIpc) is 3.08. The molecule has 3 aromatic rings. The second-order valence-corrected chi connectivity index (χ2v) is 8.13. The molecule has 6 rings (SSSR count). The van der Waals surface area contributed by atoms with E-state index in [0.717, 1.165) is 23.3 Å². The molecule has 1 amide bonds. The van der Waals surface area contributed by atoms with E-state index in [4.69, 9.17) is 6.36 Å². The zero-order valence-electron chi connectivity index (χ0n) is 19.3. The Morgan fingerprint density at radius 1 is 1.00 bits per heavy atom. The van der Waals surface area contributed by atoms with Gasteiger partial charge in [-0.05, 0) is 24.3 Å². The molecule has 8 heteroatoms. The standard InChI is InChI=1S/C27H19F2N5O/c28-18-11-12-19(21(29)15-18)23-16-24-30-13-6-14-33(24)34(23)26-27(35)31-22-10-5-4-9-20(22)25(32-26)17-7-2-1-3-8-17/h1-16,23,26H,(H,31,35)/t23?,26-/m0/s1/i16D. The Balaban J connectivity index is 1.55. The molecule has 3 heterocycles. The summed E-state index contributed by atoms with van der Waals surface area (Å²) in [6.07, 6.45) is 3.61. The largest absolute Gasteiger partial charge is 0.322 e. The zero-order chi connectivity index (χ0) is 24.8. The van der Waals surface area contributed by atoms with Crippen molar-refractivity contribution in [2.75, 3.05) is 5.32 Å². The van der Waals surface area contributed by atoms with Crippen LogP contribution < -0.4 is 5.32 Å². The van der Waals surface area contributed by atoms with Crippen molar-refractivity contribution in [3.63, 3.8) is 0 Å². The number of para-hydroxylation sites is 1. The first-order valence-corrected chi connectivity index (χ1v) is 11.0. The van der Waals surface area contributed by atoms with Gasteiger partial charge in [0.1, 0.15) is 17.5 Å². The number of carbonyl (C=O) groups excluding carboxylic acids is 1. The van der Waals surface area contributed by atoms with Gasteiger partial charge in [-0.1, -0.05) is 54.6 Å². The maximum Gasteiger partial charge on any atom is 0.265 e. The number of hydrazine groups is 1. The second kappa shape index (κ2) is 8.41. The number of anilines is 1. The number of allylic oxidation sites excluding steroid dienone is 1. The number of hydrogen-bond acceptors (Lipinski definition) is 5. The minimum absolute atomic E-state index is 0.0351. The molecule has 1 unspecified atom stereocenters. The highest BCUT2D eigenvalue weighted by atomic mass is 19.1. The molecule has 3 aliphatic rings. The monoisotopic (exact) mass is 468 g/mol. The fourth-order valence-corrected chi connectivity index (χ4v) is 4.42. The van der Waals surface area contributed by atoms with Crippen LogP contribution in [0.1, 0.15) is 24.1 Å². The molecule has 3 aromatic carbocycles.